The van der Waals surface area contributed by atoms with Gasteiger partial charge < -0.3 is 15.5 Å². The quantitative estimate of drug-likeness (QED) is 0.306. The maximum absolute atomic E-state index is 12.0. The van der Waals surface area contributed by atoms with Crippen LogP contribution in [0.5, 0.6) is 0 Å². The minimum absolute atomic E-state index is 0. The Hall–Kier alpha value is -1.000. The van der Waals surface area contributed by atoms with E-state index in [0.717, 1.165) is 45.0 Å². The van der Waals surface area contributed by atoms with E-state index in [1.807, 2.05) is 11.8 Å². The zero-order chi connectivity index (χ0) is 21.4. The molecule has 1 aromatic rings. The van der Waals surface area contributed by atoms with Crippen molar-refractivity contribution in [2.24, 2.45) is 4.99 Å². The summed E-state index contributed by atoms with van der Waals surface area (Å²) >= 11 is 2.04. The van der Waals surface area contributed by atoms with Gasteiger partial charge >= 0.3 is 0 Å². The average Bonchev–Trinajstić information content (AvgIpc) is 3.18. The molecule has 8 heteroatoms. The van der Waals surface area contributed by atoms with Gasteiger partial charge in [-0.3, -0.25) is 9.69 Å². The second kappa shape index (κ2) is 12.9. The molecule has 174 valence electrons. The van der Waals surface area contributed by atoms with Crippen molar-refractivity contribution < 1.29 is 4.79 Å². The van der Waals surface area contributed by atoms with Gasteiger partial charge in [0.15, 0.2) is 5.96 Å². The third kappa shape index (κ3) is 8.81. The lowest BCUT2D eigenvalue weighted by molar-refractivity contribution is -0.127. The molecule has 2 aliphatic rings. The summed E-state index contributed by atoms with van der Waals surface area (Å²) in [6.07, 6.45) is 4.68. The van der Waals surface area contributed by atoms with Crippen LogP contribution in [-0.2, 0) is 11.3 Å². The molecule has 0 radical (unpaired) electrons. The Balaban J connectivity index is 0.00000341. The summed E-state index contributed by atoms with van der Waals surface area (Å²) in [6.45, 7) is 6.54. The van der Waals surface area contributed by atoms with Gasteiger partial charge in [0.25, 0.3) is 0 Å². The van der Waals surface area contributed by atoms with Gasteiger partial charge in [0.05, 0.1) is 0 Å². The predicted molar refractivity (Wildman–Crippen MR) is 142 cm³/mol. The van der Waals surface area contributed by atoms with E-state index in [0.29, 0.717) is 6.04 Å². The van der Waals surface area contributed by atoms with E-state index in [1.165, 1.54) is 24.2 Å². The van der Waals surface area contributed by atoms with Crippen LogP contribution in [0.2, 0.25) is 0 Å². The molecule has 0 spiro atoms. The van der Waals surface area contributed by atoms with E-state index in [9.17, 15) is 4.79 Å². The van der Waals surface area contributed by atoms with Crippen molar-refractivity contribution in [1.29, 1.82) is 0 Å². The maximum atomic E-state index is 12.0. The summed E-state index contributed by atoms with van der Waals surface area (Å²) in [6, 6.07) is 11.1. The number of likely N-dealkylation sites (N-methyl/N-ethyl adjacent to an activating group) is 1. The topological polar surface area (TPSA) is 60.0 Å². The number of rotatable bonds is 7. The highest BCUT2D eigenvalue weighted by Crippen LogP contribution is 2.36. The average molecular weight is 560 g/mol. The van der Waals surface area contributed by atoms with Crippen LogP contribution in [0.1, 0.15) is 38.2 Å². The molecule has 1 atom stereocenters. The number of thioether (sulfide) groups is 1. The Kier molecular flexibility index (Phi) is 10.9. The van der Waals surface area contributed by atoms with Crippen LogP contribution in [0.25, 0.3) is 0 Å². The van der Waals surface area contributed by atoms with Gasteiger partial charge in [0.2, 0.25) is 5.91 Å². The van der Waals surface area contributed by atoms with Crippen molar-refractivity contribution in [3.63, 3.8) is 0 Å². The second-order valence-electron chi connectivity index (χ2n) is 8.89. The minimum Gasteiger partial charge on any atom is -0.355 e. The first kappa shape index (κ1) is 26.3. The lowest BCUT2D eigenvalue weighted by Crippen LogP contribution is -2.50. The highest BCUT2D eigenvalue weighted by molar-refractivity contribution is 14.0. The van der Waals surface area contributed by atoms with E-state index in [1.54, 1.807) is 19.0 Å². The van der Waals surface area contributed by atoms with Crippen LogP contribution >= 0.6 is 35.7 Å². The first-order valence-electron chi connectivity index (χ1n) is 11.1. The van der Waals surface area contributed by atoms with Gasteiger partial charge in [0, 0.05) is 51.1 Å². The minimum atomic E-state index is 0. The fraction of sp³-hybridized carbons (Fsp3) is 0.652. The Morgan fingerprint density at radius 3 is 2.58 bits per heavy atom. The van der Waals surface area contributed by atoms with E-state index in [2.05, 4.69) is 57.8 Å². The first-order chi connectivity index (χ1) is 14.4. The lowest BCUT2D eigenvalue weighted by Gasteiger charge is -2.33. The molecular weight excluding hydrogens is 521 g/mol. The molecule has 1 aromatic carbocycles. The highest BCUT2D eigenvalue weighted by Gasteiger charge is 2.30. The van der Waals surface area contributed by atoms with E-state index in [4.69, 9.17) is 0 Å². The zero-order valence-electron chi connectivity index (χ0n) is 19.1. The normalized spacial score (nSPS) is 22.6. The number of likely N-dealkylation sites (tertiary alicyclic amines) is 1. The van der Waals surface area contributed by atoms with Gasteiger partial charge in [-0.15, -0.1) is 24.0 Å². The molecule has 0 saturated carbocycles. The number of benzene rings is 1. The number of piperidine rings is 1. The fourth-order valence-corrected chi connectivity index (χ4v) is 5.20. The predicted octanol–water partition coefficient (Wildman–Crippen LogP) is 3.18. The Labute approximate surface area is 209 Å². The van der Waals surface area contributed by atoms with Gasteiger partial charge in [-0.1, -0.05) is 30.3 Å². The molecule has 2 N–H and O–H groups in total. The largest absolute Gasteiger partial charge is 0.355 e. The maximum Gasteiger partial charge on any atom is 0.243 e. The van der Waals surface area contributed by atoms with Gasteiger partial charge in [-0.25, -0.2) is 4.99 Å². The molecule has 2 fully saturated rings. The summed E-state index contributed by atoms with van der Waals surface area (Å²) in [5, 5.41) is 7.14. The number of guanidine groups is 1. The number of carbonyl (C=O) groups is 1. The highest BCUT2D eigenvalue weighted by atomic mass is 127. The van der Waals surface area contributed by atoms with Crippen LogP contribution in [-0.4, -0.2) is 78.5 Å². The molecule has 3 rings (SSSR count). The number of nitrogens with zero attached hydrogens (tertiary/aromatic N) is 3. The van der Waals surface area contributed by atoms with Crippen molar-refractivity contribution in [2.45, 2.75) is 49.9 Å². The number of carbonyl (C=O) groups excluding carboxylic acids is 1. The third-order valence-electron chi connectivity index (χ3n) is 5.98. The van der Waals surface area contributed by atoms with Gasteiger partial charge in [-0.2, -0.15) is 11.8 Å². The Morgan fingerprint density at radius 2 is 1.97 bits per heavy atom. The lowest BCUT2D eigenvalue weighted by atomic mass is 10.0. The molecule has 2 saturated heterocycles. The Morgan fingerprint density at radius 1 is 1.26 bits per heavy atom. The number of halogens is 1. The number of hydrogen-bond donors (Lipinski definition) is 2. The van der Waals surface area contributed by atoms with Crippen LogP contribution in [0, 0.1) is 0 Å². The van der Waals surface area contributed by atoms with Crippen molar-refractivity contribution in [2.75, 3.05) is 46.0 Å². The van der Waals surface area contributed by atoms with E-state index < -0.39 is 0 Å². The molecule has 0 aromatic heterocycles. The number of aliphatic imine (C=N–C) groups is 1. The van der Waals surface area contributed by atoms with Crippen LogP contribution in [0.15, 0.2) is 35.3 Å². The number of nitrogens with one attached hydrogen (secondary N) is 2. The van der Waals surface area contributed by atoms with E-state index in [-0.39, 0.29) is 41.2 Å². The second-order valence-corrected chi connectivity index (χ2v) is 10.6. The molecule has 2 aliphatic heterocycles. The summed E-state index contributed by atoms with van der Waals surface area (Å²) < 4.78 is 0.257. The van der Waals surface area contributed by atoms with Crippen molar-refractivity contribution >= 4 is 47.6 Å². The van der Waals surface area contributed by atoms with E-state index >= 15 is 0 Å². The van der Waals surface area contributed by atoms with Gasteiger partial charge in [0.1, 0.15) is 6.54 Å². The summed E-state index contributed by atoms with van der Waals surface area (Å²) in [5.41, 5.74) is 1.37. The van der Waals surface area contributed by atoms with Crippen molar-refractivity contribution in [3.8, 4) is 0 Å². The molecule has 0 aliphatic carbocycles. The smallest absolute Gasteiger partial charge is 0.243 e. The summed E-state index contributed by atoms with van der Waals surface area (Å²) in [5.74, 6) is 2.03. The summed E-state index contributed by atoms with van der Waals surface area (Å²) in [7, 11) is 3.55. The van der Waals surface area contributed by atoms with Crippen LogP contribution in [0.4, 0.5) is 0 Å². The SMILES string of the molecule is CN(C)C(=O)CN=C(NCC1(C)CCCS1)NC1CCN(Cc2ccccc2)CC1.I. The zero-order valence-corrected chi connectivity index (χ0v) is 22.2. The molecule has 1 unspecified atom stereocenters. The van der Waals surface area contributed by atoms with Crippen molar-refractivity contribution in [1.82, 2.24) is 20.4 Å². The number of hydrogen-bond acceptors (Lipinski definition) is 4. The summed E-state index contributed by atoms with van der Waals surface area (Å²) in [4.78, 5) is 20.7. The number of amides is 1. The third-order valence-corrected chi connectivity index (χ3v) is 7.52. The molecule has 1 amide bonds. The monoisotopic (exact) mass is 559 g/mol. The van der Waals surface area contributed by atoms with Crippen molar-refractivity contribution in [3.05, 3.63) is 35.9 Å². The van der Waals surface area contributed by atoms with Crippen LogP contribution < -0.4 is 10.6 Å². The molecular formula is C23H38IN5OS. The molecule has 31 heavy (non-hydrogen) atoms. The standard InChI is InChI=1S/C23H37N5OS.HI/c1-23(12-7-15-30-23)18-25-22(24-16-21(29)27(2)3)26-20-10-13-28(14-11-20)17-19-8-5-4-6-9-19;/h4-6,8-9,20H,7,10-18H2,1-3H3,(H2,24,25,26);1H. The fourth-order valence-electron chi connectivity index (χ4n) is 3.96. The molecule has 6 nitrogen and oxygen atoms in total. The Bertz CT molecular complexity index is 701. The van der Waals surface area contributed by atoms with Gasteiger partial charge in [-0.05, 0) is 43.9 Å². The first-order valence-corrected chi connectivity index (χ1v) is 12.1. The molecule has 2 heterocycles. The van der Waals surface area contributed by atoms with Crippen LogP contribution in [0.3, 0.4) is 0 Å². The molecule has 0 bridgehead atoms.